The average Bonchev–Trinajstić information content (AvgIpc) is 2.98. The van der Waals surface area contributed by atoms with Crippen LogP contribution in [0, 0.1) is 11.2 Å². The van der Waals surface area contributed by atoms with Gasteiger partial charge in [0.1, 0.15) is 5.82 Å². The number of esters is 1. The molecule has 6 nitrogen and oxygen atoms in total. The number of benzene rings is 1. The van der Waals surface area contributed by atoms with E-state index in [1.807, 2.05) is 6.92 Å². The third-order valence-corrected chi connectivity index (χ3v) is 8.31. The molecule has 0 bridgehead atoms. The molecule has 1 aromatic carbocycles. The number of halogens is 1. The summed E-state index contributed by atoms with van der Waals surface area (Å²) >= 11 is 0. The Morgan fingerprint density at radius 2 is 2.00 bits per heavy atom. The Morgan fingerprint density at radius 1 is 1.36 bits per heavy atom. The number of likely N-dealkylation sites (N-methyl/N-ethyl adjacent to an activating group) is 1. The molecule has 2 saturated heterocycles. The first-order chi connectivity index (χ1) is 13.2. The molecule has 2 heterocycles. The van der Waals surface area contributed by atoms with Crippen molar-refractivity contribution in [3.8, 4) is 0 Å². The van der Waals surface area contributed by atoms with Gasteiger partial charge in [-0.3, -0.25) is 14.4 Å². The van der Waals surface area contributed by atoms with E-state index in [4.69, 9.17) is 4.74 Å². The zero-order chi connectivity index (χ0) is 20.7. The summed E-state index contributed by atoms with van der Waals surface area (Å²) < 4.78 is 18.6. The van der Waals surface area contributed by atoms with E-state index in [0.29, 0.717) is 12.1 Å². The van der Waals surface area contributed by atoms with Gasteiger partial charge in [0.15, 0.2) is 4.87 Å². The number of ether oxygens (including phenoxy) is 1. The van der Waals surface area contributed by atoms with Gasteiger partial charge >= 0.3 is 5.97 Å². The molecular weight excluding hydrogens is 403 g/mol. The maximum absolute atomic E-state index is 13.5. The molecule has 0 aliphatic carbocycles. The van der Waals surface area contributed by atoms with Crippen LogP contribution in [0.4, 0.5) is 4.39 Å². The van der Waals surface area contributed by atoms with E-state index < -0.39 is 28.1 Å². The van der Waals surface area contributed by atoms with Gasteiger partial charge < -0.3 is 14.5 Å². The van der Waals surface area contributed by atoms with Gasteiger partial charge in [0.05, 0.1) is 24.3 Å². The number of rotatable bonds is 4. The number of nitrogens with zero attached hydrogens (tertiary/aromatic N) is 2. The van der Waals surface area contributed by atoms with Gasteiger partial charge in [-0.1, -0.05) is 33.7 Å². The van der Waals surface area contributed by atoms with Gasteiger partial charge in [-0.15, -0.1) is 0 Å². The maximum Gasteiger partial charge on any atom is 0.314 e. The van der Waals surface area contributed by atoms with Crippen molar-refractivity contribution in [3.63, 3.8) is 0 Å². The van der Waals surface area contributed by atoms with Crippen molar-refractivity contribution in [3.05, 3.63) is 35.6 Å². The molecule has 2 amide bonds. The van der Waals surface area contributed by atoms with Crippen LogP contribution >= 0.6 is 21.6 Å². The first-order valence-electron chi connectivity index (χ1n) is 8.93. The largest absolute Gasteiger partial charge is 0.469 e. The molecule has 0 radical (unpaired) electrons. The number of hydrogen-bond acceptors (Lipinski definition) is 6. The van der Waals surface area contributed by atoms with Crippen molar-refractivity contribution >= 4 is 39.4 Å². The highest BCUT2D eigenvalue weighted by atomic mass is 33.1. The Labute approximate surface area is 171 Å². The van der Waals surface area contributed by atoms with Crippen LogP contribution in [-0.2, 0) is 19.1 Å². The minimum atomic E-state index is -1.22. The molecular formula is C19H23FN2O4S2. The Bertz CT molecular complexity index is 806. The smallest absolute Gasteiger partial charge is 0.314 e. The van der Waals surface area contributed by atoms with Gasteiger partial charge in [0.2, 0.25) is 5.91 Å². The summed E-state index contributed by atoms with van der Waals surface area (Å²) in [5, 5.41) is 0. The summed E-state index contributed by atoms with van der Waals surface area (Å²) in [7, 11) is 5.61. The van der Waals surface area contributed by atoms with Crippen LogP contribution < -0.4 is 0 Å². The molecule has 2 aliphatic heterocycles. The third-order valence-electron chi connectivity index (χ3n) is 5.50. The average molecular weight is 427 g/mol. The lowest BCUT2D eigenvalue weighted by Crippen LogP contribution is -2.57. The molecule has 3 rings (SSSR count). The fourth-order valence-electron chi connectivity index (χ4n) is 4.07. The van der Waals surface area contributed by atoms with Gasteiger partial charge in [0, 0.05) is 20.0 Å². The summed E-state index contributed by atoms with van der Waals surface area (Å²) in [5.74, 6) is -1.15. The lowest BCUT2D eigenvalue weighted by molar-refractivity contribution is -0.154. The number of carbonyl (C=O) groups is 3. The third kappa shape index (κ3) is 3.08. The van der Waals surface area contributed by atoms with E-state index >= 15 is 0 Å². The summed E-state index contributed by atoms with van der Waals surface area (Å²) in [6.45, 7) is 4.04. The van der Waals surface area contributed by atoms with Crippen molar-refractivity contribution < 1.29 is 23.5 Å². The van der Waals surface area contributed by atoms with E-state index in [0.717, 1.165) is 0 Å². The van der Waals surface area contributed by atoms with Gasteiger partial charge in [-0.2, -0.15) is 0 Å². The predicted octanol–water partition coefficient (Wildman–Crippen LogP) is 2.85. The molecule has 0 aromatic heterocycles. The summed E-state index contributed by atoms with van der Waals surface area (Å²) in [6.07, 6.45) is 0.126. The van der Waals surface area contributed by atoms with Crippen molar-refractivity contribution in [2.24, 2.45) is 5.41 Å². The first kappa shape index (κ1) is 21.0. The van der Waals surface area contributed by atoms with Crippen LogP contribution in [-0.4, -0.2) is 58.9 Å². The van der Waals surface area contributed by atoms with Crippen molar-refractivity contribution in [1.29, 1.82) is 0 Å². The minimum absolute atomic E-state index is 0.126. The fraction of sp³-hybridized carbons (Fsp3) is 0.526. The van der Waals surface area contributed by atoms with Gasteiger partial charge in [0.25, 0.3) is 5.91 Å². The summed E-state index contributed by atoms with van der Waals surface area (Å²) in [5.41, 5.74) is -0.548. The maximum atomic E-state index is 13.5. The number of hydrogen-bond donors (Lipinski definition) is 0. The van der Waals surface area contributed by atoms with Crippen LogP contribution in [0.1, 0.15) is 31.9 Å². The standard InChI is InChI=1S/C19H23FN2O4S2/c1-5-21(3)16(24)19-11-18(2,17(25)26-4)15(12-6-8-13(20)9-7-12)22(19)14(23)10-27-28-19/h6-9,15H,5,10-11H2,1-4H3/t15-,18-,19-/m0/s1. The van der Waals surface area contributed by atoms with Crippen molar-refractivity contribution in [2.45, 2.75) is 31.2 Å². The van der Waals surface area contributed by atoms with Gasteiger partial charge in [-0.25, -0.2) is 4.39 Å². The lowest BCUT2D eigenvalue weighted by Gasteiger charge is -2.43. The van der Waals surface area contributed by atoms with Crippen molar-refractivity contribution in [2.75, 3.05) is 26.5 Å². The molecule has 2 fully saturated rings. The molecule has 0 N–H and O–H groups in total. The monoisotopic (exact) mass is 426 g/mol. The second-order valence-electron chi connectivity index (χ2n) is 7.25. The molecule has 9 heteroatoms. The number of carbonyl (C=O) groups excluding carboxylic acids is 3. The van der Waals surface area contributed by atoms with Crippen molar-refractivity contribution in [1.82, 2.24) is 9.80 Å². The normalized spacial score (nSPS) is 29.4. The molecule has 1 aromatic rings. The second-order valence-corrected chi connectivity index (χ2v) is 9.83. The Balaban J connectivity index is 2.22. The molecule has 0 saturated carbocycles. The number of methoxy groups -OCH3 is 1. The molecule has 2 aliphatic rings. The Hall–Kier alpha value is -1.74. The van der Waals surface area contributed by atoms with Crippen LogP contribution in [0.5, 0.6) is 0 Å². The van der Waals surface area contributed by atoms with E-state index in [2.05, 4.69) is 0 Å². The molecule has 152 valence electrons. The zero-order valence-corrected chi connectivity index (χ0v) is 17.9. The summed E-state index contributed by atoms with van der Waals surface area (Å²) in [4.78, 5) is 41.2. The Kier molecular flexibility index (Phi) is 5.69. The first-order valence-corrected chi connectivity index (χ1v) is 11.3. The van der Waals surface area contributed by atoms with Crippen LogP contribution in [0.15, 0.2) is 24.3 Å². The number of fused-ring (bicyclic) bond motifs is 1. The predicted molar refractivity (Wildman–Crippen MR) is 107 cm³/mol. The van der Waals surface area contributed by atoms with E-state index in [1.54, 1.807) is 31.0 Å². The lowest BCUT2D eigenvalue weighted by atomic mass is 9.78. The molecule has 0 spiro atoms. The zero-order valence-electron chi connectivity index (χ0n) is 16.2. The highest BCUT2D eigenvalue weighted by molar-refractivity contribution is 8.77. The molecule has 28 heavy (non-hydrogen) atoms. The molecule has 3 atom stereocenters. The van der Waals surface area contributed by atoms with Crippen LogP contribution in [0.25, 0.3) is 0 Å². The van der Waals surface area contributed by atoms with E-state index in [-0.39, 0.29) is 24.0 Å². The molecule has 0 unspecified atom stereocenters. The Morgan fingerprint density at radius 3 is 2.57 bits per heavy atom. The summed E-state index contributed by atoms with van der Waals surface area (Å²) in [6, 6.07) is 4.98. The quantitative estimate of drug-likeness (QED) is 0.545. The van der Waals surface area contributed by atoms with E-state index in [9.17, 15) is 18.8 Å². The van der Waals surface area contributed by atoms with Crippen LogP contribution in [0.2, 0.25) is 0 Å². The number of amides is 2. The highest BCUT2D eigenvalue weighted by Crippen LogP contribution is 2.63. The minimum Gasteiger partial charge on any atom is -0.469 e. The second kappa shape index (κ2) is 7.59. The topological polar surface area (TPSA) is 66.9 Å². The SMILES string of the molecule is CCN(C)C(=O)[C@@]12C[C@](C)(C(=O)OC)[C@H](c3ccc(F)cc3)N1C(=O)CSS2. The van der Waals surface area contributed by atoms with Crippen LogP contribution in [0.3, 0.4) is 0 Å². The fourth-order valence-corrected chi connectivity index (χ4v) is 7.13. The highest BCUT2D eigenvalue weighted by Gasteiger charge is 2.68. The van der Waals surface area contributed by atoms with E-state index in [1.165, 1.54) is 45.7 Å². The van der Waals surface area contributed by atoms with Gasteiger partial charge in [-0.05, 0) is 31.5 Å².